The first-order valence-corrected chi connectivity index (χ1v) is 8.94. The van der Waals surface area contributed by atoms with Crippen LogP contribution in [0.1, 0.15) is 39.5 Å². The molecule has 0 aromatic heterocycles. The molecule has 0 spiro atoms. The van der Waals surface area contributed by atoms with Gasteiger partial charge in [0.1, 0.15) is 0 Å². The van der Waals surface area contributed by atoms with Gasteiger partial charge in [-0.25, -0.2) is 0 Å². The Hall–Kier alpha value is -0.650. The van der Waals surface area contributed by atoms with Crippen LogP contribution in [0.25, 0.3) is 0 Å². The molecule has 2 saturated heterocycles. The van der Waals surface area contributed by atoms with E-state index in [1.54, 1.807) is 0 Å². The van der Waals surface area contributed by atoms with E-state index in [9.17, 15) is 4.79 Å². The SMILES string of the molecule is CCC(CC)(CN)C(=O)N1CCCC(CN2CCOCC2)C1. The Morgan fingerprint density at radius 3 is 2.50 bits per heavy atom. The first-order chi connectivity index (χ1) is 10.6. The number of ether oxygens (including phenoxy) is 1. The summed E-state index contributed by atoms with van der Waals surface area (Å²) in [5.41, 5.74) is 5.60. The second kappa shape index (κ2) is 8.27. The molecule has 2 aliphatic heterocycles. The standard InChI is InChI=1S/C17H33N3O2/c1-3-17(4-2,14-18)16(21)20-7-5-6-15(13-20)12-19-8-10-22-11-9-19/h15H,3-14,18H2,1-2H3. The van der Waals surface area contributed by atoms with Crippen molar-refractivity contribution in [3.05, 3.63) is 0 Å². The molecule has 1 amide bonds. The first kappa shape index (κ1) is 17.7. The average Bonchev–Trinajstić information content (AvgIpc) is 2.58. The highest BCUT2D eigenvalue weighted by Gasteiger charge is 2.38. The fraction of sp³-hybridized carbons (Fsp3) is 0.941. The number of piperidine rings is 1. The number of hydrogen-bond donors (Lipinski definition) is 1. The fourth-order valence-corrected chi connectivity index (χ4v) is 3.81. The molecule has 2 aliphatic rings. The molecule has 1 atom stereocenters. The van der Waals surface area contributed by atoms with E-state index in [1.807, 2.05) is 0 Å². The molecule has 0 aliphatic carbocycles. The minimum Gasteiger partial charge on any atom is -0.379 e. The van der Waals surface area contributed by atoms with Crippen molar-refractivity contribution in [2.75, 3.05) is 52.5 Å². The fourth-order valence-electron chi connectivity index (χ4n) is 3.81. The molecule has 1 unspecified atom stereocenters. The third-order valence-electron chi connectivity index (χ3n) is 5.62. The highest BCUT2D eigenvalue weighted by Crippen LogP contribution is 2.30. The zero-order valence-corrected chi connectivity index (χ0v) is 14.4. The van der Waals surface area contributed by atoms with Gasteiger partial charge in [0.2, 0.25) is 5.91 Å². The lowest BCUT2D eigenvalue weighted by Crippen LogP contribution is -2.52. The van der Waals surface area contributed by atoms with Gasteiger partial charge in [-0.05, 0) is 31.6 Å². The Labute approximate surface area is 135 Å². The van der Waals surface area contributed by atoms with Crippen molar-refractivity contribution in [1.29, 1.82) is 0 Å². The number of rotatable bonds is 6. The number of carbonyl (C=O) groups excluding carboxylic acids is 1. The molecule has 0 radical (unpaired) electrons. The summed E-state index contributed by atoms with van der Waals surface area (Å²) in [6.07, 6.45) is 4.02. The maximum atomic E-state index is 13.0. The molecule has 0 saturated carbocycles. The van der Waals surface area contributed by atoms with Crippen LogP contribution in [-0.4, -0.2) is 68.2 Å². The first-order valence-electron chi connectivity index (χ1n) is 8.94. The quantitative estimate of drug-likeness (QED) is 0.804. The molecule has 5 heteroatoms. The molecule has 2 fully saturated rings. The Morgan fingerprint density at radius 1 is 1.23 bits per heavy atom. The van der Waals surface area contributed by atoms with Gasteiger partial charge in [0.05, 0.1) is 18.6 Å². The van der Waals surface area contributed by atoms with Crippen LogP contribution >= 0.6 is 0 Å². The lowest BCUT2D eigenvalue weighted by Gasteiger charge is -2.41. The summed E-state index contributed by atoms with van der Waals surface area (Å²) in [4.78, 5) is 17.5. The maximum absolute atomic E-state index is 13.0. The van der Waals surface area contributed by atoms with E-state index in [0.717, 1.165) is 65.2 Å². The van der Waals surface area contributed by atoms with Crippen molar-refractivity contribution in [2.24, 2.45) is 17.1 Å². The van der Waals surface area contributed by atoms with Gasteiger partial charge in [-0.2, -0.15) is 0 Å². The topological polar surface area (TPSA) is 58.8 Å². The van der Waals surface area contributed by atoms with Gasteiger partial charge >= 0.3 is 0 Å². The molecule has 22 heavy (non-hydrogen) atoms. The number of nitrogens with two attached hydrogens (primary N) is 1. The van der Waals surface area contributed by atoms with Gasteiger partial charge in [-0.1, -0.05) is 13.8 Å². The second-order valence-electron chi connectivity index (χ2n) is 6.86. The third-order valence-corrected chi connectivity index (χ3v) is 5.62. The van der Waals surface area contributed by atoms with Crippen LogP contribution in [-0.2, 0) is 9.53 Å². The summed E-state index contributed by atoms with van der Waals surface area (Å²) in [7, 11) is 0. The summed E-state index contributed by atoms with van der Waals surface area (Å²) in [5.74, 6) is 0.881. The number of likely N-dealkylation sites (tertiary alicyclic amines) is 1. The van der Waals surface area contributed by atoms with E-state index in [4.69, 9.17) is 10.5 Å². The molecular formula is C17H33N3O2. The Bertz CT molecular complexity index is 344. The Balaban J connectivity index is 1.92. The lowest BCUT2D eigenvalue weighted by molar-refractivity contribution is -0.144. The summed E-state index contributed by atoms with van der Waals surface area (Å²) in [6.45, 7) is 11.3. The van der Waals surface area contributed by atoms with Crippen molar-refractivity contribution in [3.8, 4) is 0 Å². The molecule has 0 bridgehead atoms. The van der Waals surface area contributed by atoms with E-state index in [-0.39, 0.29) is 11.3 Å². The van der Waals surface area contributed by atoms with E-state index in [1.165, 1.54) is 6.42 Å². The van der Waals surface area contributed by atoms with Crippen molar-refractivity contribution >= 4 is 5.91 Å². The monoisotopic (exact) mass is 311 g/mol. The molecular weight excluding hydrogens is 278 g/mol. The zero-order valence-electron chi connectivity index (χ0n) is 14.4. The Morgan fingerprint density at radius 2 is 1.91 bits per heavy atom. The molecule has 2 N–H and O–H groups in total. The number of morpholine rings is 1. The smallest absolute Gasteiger partial charge is 0.230 e. The normalized spacial score (nSPS) is 24.5. The van der Waals surface area contributed by atoms with Gasteiger partial charge in [-0.3, -0.25) is 9.69 Å². The minimum absolute atomic E-state index is 0.284. The van der Waals surface area contributed by atoms with Crippen LogP contribution in [0.4, 0.5) is 0 Å². The van der Waals surface area contributed by atoms with Crippen molar-refractivity contribution in [3.63, 3.8) is 0 Å². The molecule has 0 aromatic rings. The summed E-state index contributed by atoms with van der Waals surface area (Å²) >= 11 is 0. The summed E-state index contributed by atoms with van der Waals surface area (Å²) in [6, 6.07) is 0. The van der Waals surface area contributed by atoms with E-state index >= 15 is 0 Å². The average molecular weight is 311 g/mol. The predicted octanol–water partition coefficient (Wildman–Crippen LogP) is 1.32. The van der Waals surface area contributed by atoms with Gasteiger partial charge in [0, 0.05) is 39.3 Å². The third kappa shape index (κ3) is 4.00. The molecule has 2 heterocycles. The van der Waals surface area contributed by atoms with Crippen LogP contribution in [0.2, 0.25) is 0 Å². The number of hydrogen-bond acceptors (Lipinski definition) is 4. The second-order valence-corrected chi connectivity index (χ2v) is 6.86. The number of nitrogens with zero attached hydrogens (tertiary/aromatic N) is 2. The van der Waals surface area contributed by atoms with Crippen LogP contribution in [0.5, 0.6) is 0 Å². The largest absolute Gasteiger partial charge is 0.379 e. The van der Waals surface area contributed by atoms with Crippen LogP contribution in [0, 0.1) is 11.3 Å². The number of carbonyl (C=O) groups is 1. The maximum Gasteiger partial charge on any atom is 0.230 e. The zero-order chi connectivity index (χ0) is 16.0. The highest BCUT2D eigenvalue weighted by molar-refractivity contribution is 5.83. The molecule has 5 nitrogen and oxygen atoms in total. The minimum atomic E-state index is -0.346. The molecule has 2 rings (SSSR count). The molecule has 128 valence electrons. The van der Waals surface area contributed by atoms with Crippen molar-refractivity contribution in [1.82, 2.24) is 9.80 Å². The van der Waals surface area contributed by atoms with Gasteiger partial charge in [-0.15, -0.1) is 0 Å². The van der Waals surface area contributed by atoms with Crippen molar-refractivity contribution < 1.29 is 9.53 Å². The van der Waals surface area contributed by atoms with Gasteiger partial charge in [0.15, 0.2) is 0 Å². The lowest BCUT2D eigenvalue weighted by atomic mass is 9.80. The Kier molecular flexibility index (Phi) is 6.66. The van der Waals surface area contributed by atoms with E-state index < -0.39 is 0 Å². The van der Waals surface area contributed by atoms with Crippen LogP contribution in [0.15, 0.2) is 0 Å². The highest BCUT2D eigenvalue weighted by atomic mass is 16.5. The van der Waals surface area contributed by atoms with E-state index in [2.05, 4.69) is 23.6 Å². The van der Waals surface area contributed by atoms with Crippen LogP contribution in [0.3, 0.4) is 0 Å². The predicted molar refractivity (Wildman–Crippen MR) is 88.6 cm³/mol. The number of amides is 1. The molecule has 0 aromatic carbocycles. The van der Waals surface area contributed by atoms with Crippen molar-refractivity contribution in [2.45, 2.75) is 39.5 Å². The summed E-state index contributed by atoms with van der Waals surface area (Å²) in [5, 5.41) is 0. The van der Waals surface area contributed by atoms with Gasteiger partial charge in [0.25, 0.3) is 0 Å². The van der Waals surface area contributed by atoms with Gasteiger partial charge < -0.3 is 15.4 Å². The van der Waals surface area contributed by atoms with Crippen LogP contribution < -0.4 is 5.73 Å². The summed E-state index contributed by atoms with van der Waals surface area (Å²) < 4.78 is 5.42. The van der Waals surface area contributed by atoms with E-state index in [0.29, 0.717) is 12.5 Å².